The Morgan fingerprint density at radius 2 is 1.92 bits per heavy atom. The molecular formula is C11H17NO. The first kappa shape index (κ1) is 10.1. The van der Waals surface area contributed by atoms with E-state index in [9.17, 15) is 5.11 Å². The number of benzene rings is 1. The van der Waals surface area contributed by atoms with E-state index in [1.807, 2.05) is 32.3 Å². The number of likely N-dealkylation sites (N-methyl/N-ethyl adjacent to an activating group) is 1. The van der Waals surface area contributed by atoms with Gasteiger partial charge in [0.15, 0.2) is 0 Å². The van der Waals surface area contributed by atoms with E-state index in [0.29, 0.717) is 11.8 Å². The Labute approximate surface area is 79.8 Å². The molecule has 0 saturated heterocycles. The lowest BCUT2D eigenvalue weighted by Gasteiger charge is -2.19. The maximum atomic E-state index is 9.52. The predicted octanol–water partition coefficient (Wildman–Crippen LogP) is 1.88. The van der Waals surface area contributed by atoms with Gasteiger partial charge in [0, 0.05) is 6.04 Å². The predicted molar refractivity (Wildman–Crippen MR) is 55.0 cm³/mol. The summed E-state index contributed by atoms with van der Waals surface area (Å²) >= 11 is 0. The van der Waals surface area contributed by atoms with Crippen LogP contribution in [-0.4, -0.2) is 30.1 Å². The molecule has 2 heteroatoms. The fourth-order valence-corrected chi connectivity index (χ4v) is 1.18. The van der Waals surface area contributed by atoms with E-state index in [-0.39, 0.29) is 0 Å². The van der Waals surface area contributed by atoms with Gasteiger partial charge in [-0.15, -0.1) is 0 Å². The summed E-state index contributed by atoms with van der Waals surface area (Å²) in [6.45, 7) is 2.15. The van der Waals surface area contributed by atoms with Crippen LogP contribution in [0.4, 0.5) is 0 Å². The van der Waals surface area contributed by atoms with Gasteiger partial charge < -0.3 is 10.0 Å². The highest BCUT2D eigenvalue weighted by Crippen LogP contribution is 2.18. The van der Waals surface area contributed by atoms with Crippen LogP contribution in [-0.2, 0) is 6.42 Å². The highest BCUT2D eigenvalue weighted by Gasteiger charge is 2.07. The van der Waals surface area contributed by atoms with Crippen molar-refractivity contribution in [3.05, 3.63) is 29.8 Å². The van der Waals surface area contributed by atoms with Gasteiger partial charge in [-0.1, -0.05) is 18.2 Å². The second-order valence-corrected chi connectivity index (χ2v) is 3.65. The third-order valence-electron chi connectivity index (χ3n) is 2.39. The largest absolute Gasteiger partial charge is 0.508 e. The third-order valence-corrected chi connectivity index (χ3v) is 2.39. The van der Waals surface area contributed by atoms with Crippen molar-refractivity contribution in [3.63, 3.8) is 0 Å². The Kier molecular flexibility index (Phi) is 3.32. The molecule has 1 atom stereocenters. The zero-order chi connectivity index (χ0) is 9.84. The minimum atomic E-state index is 0.399. The number of phenols is 1. The van der Waals surface area contributed by atoms with Crippen molar-refractivity contribution in [2.24, 2.45) is 0 Å². The molecule has 1 aromatic rings. The van der Waals surface area contributed by atoms with Gasteiger partial charge in [-0.05, 0) is 39.1 Å². The lowest BCUT2D eigenvalue weighted by atomic mass is 10.1. The summed E-state index contributed by atoms with van der Waals surface area (Å²) in [5, 5.41) is 9.52. The van der Waals surface area contributed by atoms with Crippen molar-refractivity contribution < 1.29 is 5.11 Å². The molecule has 0 radical (unpaired) electrons. The Morgan fingerprint density at radius 3 is 2.46 bits per heavy atom. The minimum Gasteiger partial charge on any atom is -0.508 e. The van der Waals surface area contributed by atoms with Crippen molar-refractivity contribution in [2.75, 3.05) is 14.1 Å². The first-order valence-electron chi connectivity index (χ1n) is 4.54. The molecule has 1 rings (SSSR count). The van der Waals surface area contributed by atoms with Crippen molar-refractivity contribution in [2.45, 2.75) is 19.4 Å². The van der Waals surface area contributed by atoms with Crippen LogP contribution in [0, 0.1) is 0 Å². The summed E-state index contributed by atoms with van der Waals surface area (Å²) in [5.74, 6) is 0.399. The normalized spacial score (nSPS) is 13.2. The quantitative estimate of drug-likeness (QED) is 0.766. The van der Waals surface area contributed by atoms with E-state index in [2.05, 4.69) is 11.8 Å². The van der Waals surface area contributed by atoms with Gasteiger partial charge in [-0.3, -0.25) is 0 Å². The van der Waals surface area contributed by atoms with Gasteiger partial charge >= 0.3 is 0 Å². The molecule has 1 aromatic carbocycles. The standard InChI is InChI=1S/C11H17NO/c1-9(12(2)3)8-10-6-4-5-7-11(10)13/h4-7,9,13H,8H2,1-3H3. The minimum absolute atomic E-state index is 0.399. The summed E-state index contributed by atoms with van der Waals surface area (Å²) in [4.78, 5) is 2.15. The lowest BCUT2D eigenvalue weighted by Crippen LogP contribution is -2.26. The average Bonchev–Trinajstić information content (AvgIpc) is 2.08. The summed E-state index contributed by atoms with van der Waals surface area (Å²) < 4.78 is 0. The van der Waals surface area contributed by atoms with Gasteiger partial charge in [-0.2, -0.15) is 0 Å². The van der Waals surface area contributed by atoms with E-state index in [1.165, 1.54) is 0 Å². The zero-order valence-corrected chi connectivity index (χ0v) is 8.49. The Bertz CT molecular complexity index is 271. The smallest absolute Gasteiger partial charge is 0.118 e. The molecule has 0 aliphatic carbocycles. The number of aromatic hydroxyl groups is 1. The van der Waals surface area contributed by atoms with E-state index in [0.717, 1.165) is 12.0 Å². The summed E-state index contributed by atoms with van der Waals surface area (Å²) in [6.07, 6.45) is 0.889. The van der Waals surface area contributed by atoms with Crippen LogP contribution in [0.5, 0.6) is 5.75 Å². The molecule has 72 valence electrons. The lowest BCUT2D eigenvalue weighted by molar-refractivity contribution is 0.309. The number of hydrogen-bond donors (Lipinski definition) is 1. The zero-order valence-electron chi connectivity index (χ0n) is 8.49. The Balaban J connectivity index is 2.69. The average molecular weight is 179 g/mol. The fraction of sp³-hybridized carbons (Fsp3) is 0.455. The van der Waals surface area contributed by atoms with E-state index < -0.39 is 0 Å². The topological polar surface area (TPSA) is 23.5 Å². The molecule has 13 heavy (non-hydrogen) atoms. The number of para-hydroxylation sites is 1. The molecule has 0 aliphatic rings. The molecule has 0 fully saturated rings. The fourth-order valence-electron chi connectivity index (χ4n) is 1.18. The molecule has 0 amide bonds. The highest BCUT2D eigenvalue weighted by atomic mass is 16.3. The third kappa shape index (κ3) is 2.74. The van der Waals surface area contributed by atoms with Crippen molar-refractivity contribution in [1.29, 1.82) is 0 Å². The monoisotopic (exact) mass is 179 g/mol. The molecule has 0 bridgehead atoms. The molecule has 1 N–H and O–H groups in total. The van der Waals surface area contributed by atoms with Crippen LogP contribution in [0.25, 0.3) is 0 Å². The number of nitrogens with zero attached hydrogens (tertiary/aromatic N) is 1. The molecule has 1 unspecified atom stereocenters. The van der Waals surface area contributed by atoms with Crippen LogP contribution in [0.15, 0.2) is 24.3 Å². The van der Waals surface area contributed by atoms with Crippen LogP contribution in [0.2, 0.25) is 0 Å². The Hall–Kier alpha value is -1.02. The summed E-state index contributed by atoms with van der Waals surface area (Å²) in [5.41, 5.74) is 1.02. The van der Waals surface area contributed by atoms with Gasteiger partial charge in [0.05, 0.1) is 0 Å². The molecule has 0 aromatic heterocycles. The summed E-state index contributed by atoms with van der Waals surface area (Å²) in [7, 11) is 4.09. The van der Waals surface area contributed by atoms with Crippen molar-refractivity contribution >= 4 is 0 Å². The SMILES string of the molecule is CC(Cc1ccccc1O)N(C)C. The van der Waals surface area contributed by atoms with Crippen LogP contribution in [0.1, 0.15) is 12.5 Å². The van der Waals surface area contributed by atoms with Gasteiger partial charge in [-0.25, -0.2) is 0 Å². The number of phenolic OH excluding ortho intramolecular Hbond substituents is 1. The van der Waals surface area contributed by atoms with Crippen LogP contribution in [0.3, 0.4) is 0 Å². The molecular weight excluding hydrogens is 162 g/mol. The number of rotatable bonds is 3. The van der Waals surface area contributed by atoms with Gasteiger partial charge in [0.25, 0.3) is 0 Å². The summed E-state index contributed by atoms with van der Waals surface area (Å²) in [6, 6.07) is 7.96. The second kappa shape index (κ2) is 4.28. The van der Waals surface area contributed by atoms with Gasteiger partial charge in [0.2, 0.25) is 0 Å². The van der Waals surface area contributed by atoms with Crippen molar-refractivity contribution in [1.82, 2.24) is 4.90 Å². The van der Waals surface area contributed by atoms with Crippen LogP contribution >= 0.6 is 0 Å². The maximum Gasteiger partial charge on any atom is 0.118 e. The molecule has 0 aliphatic heterocycles. The first-order valence-corrected chi connectivity index (χ1v) is 4.54. The molecule has 0 spiro atoms. The molecule has 0 heterocycles. The second-order valence-electron chi connectivity index (χ2n) is 3.65. The van der Waals surface area contributed by atoms with E-state index in [4.69, 9.17) is 0 Å². The van der Waals surface area contributed by atoms with E-state index in [1.54, 1.807) is 6.07 Å². The molecule has 2 nitrogen and oxygen atoms in total. The number of hydrogen-bond acceptors (Lipinski definition) is 2. The van der Waals surface area contributed by atoms with Crippen LogP contribution < -0.4 is 0 Å². The first-order chi connectivity index (χ1) is 6.11. The maximum absolute atomic E-state index is 9.52. The Morgan fingerprint density at radius 1 is 1.31 bits per heavy atom. The van der Waals surface area contributed by atoms with Gasteiger partial charge in [0.1, 0.15) is 5.75 Å². The molecule has 0 saturated carbocycles. The van der Waals surface area contributed by atoms with E-state index >= 15 is 0 Å². The van der Waals surface area contributed by atoms with Crippen molar-refractivity contribution in [3.8, 4) is 5.75 Å². The highest BCUT2D eigenvalue weighted by molar-refractivity contribution is 5.32.